The third-order valence-electron chi connectivity index (χ3n) is 4.62. The lowest BCUT2D eigenvalue weighted by molar-refractivity contribution is 0.414. The number of sulfonamides is 1. The quantitative estimate of drug-likeness (QED) is 0.601. The summed E-state index contributed by atoms with van der Waals surface area (Å²) in [7, 11) is 0.206. The lowest BCUT2D eigenvalue weighted by Gasteiger charge is -2.08. The van der Waals surface area contributed by atoms with E-state index in [1.807, 2.05) is 66.3 Å². The standard InChI is InChI=1S/C21H25N3O3S/c1-24-21(12-14-22-24)19-7-3-17(4-8-19)11-15-23-28(25,26)16-13-18-5-9-20(27-2)10-6-18/h3-10,12,14,23H,11,13,15-16H2,1-2H3. The molecule has 0 unspecified atom stereocenters. The Morgan fingerprint density at radius 3 is 2.21 bits per heavy atom. The van der Waals surface area contributed by atoms with E-state index in [1.54, 1.807) is 13.3 Å². The summed E-state index contributed by atoms with van der Waals surface area (Å²) >= 11 is 0. The average molecular weight is 400 g/mol. The lowest BCUT2D eigenvalue weighted by atomic mass is 10.1. The van der Waals surface area contributed by atoms with E-state index < -0.39 is 10.0 Å². The van der Waals surface area contributed by atoms with Crippen molar-refractivity contribution in [2.24, 2.45) is 7.05 Å². The number of rotatable bonds is 9. The molecular formula is C21H25N3O3S. The van der Waals surface area contributed by atoms with Gasteiger partial charge in [-0.3, -0.25) is 4.68 Å². The summed E-state index contributed by atoms with van der Waals surface area (Å²) in [6, 6.07) is 17.5. The van der Waals surface area contributed by atoms with E-state index >= 15 is 0 Å². The molecule has 0 aliphatic carbocycles. The predicted octanol–water partition coefficient (Wildman–Crippen LogP) is 2.80. The van der Waals surface area contributed by atoms with Gasteiger partial charge < -0.3 is 4.74 Å². The molecule has 0 atom stereocenters. The second-order valence-electron chi connectivity index (χ2n) is 6.60. The highest BCUT2D eigenvalue weighted by atomic mass is 32.2. The van der Waals surface area contributed by atoms with Gasteiger partial charge in [-0.05, 0) is 47.7 Å². The third kappa shape index (κ3) is 5.43. The highest BCUT2D eigenvalue weighted by molar-refractivity contribution is 7.89. The molecule has 0 saturated carbocycles. The zero-order chi connectivity index (χ0) is 20.0. The first kappa shape index (κ1) is 20.1. The van der Waals surface area contributed by atoms with E-state index in [-0.39, 0.29) is 5.75 Å². The summed E-state index contributed by atoms with van der Waals surface area (Å²) in [5.74, 6) is 0.831. The van der Waals surface area contributed by atoms with Crippen LogP contribution in [0.15, 0.2) is 60.8 Å². The van der Waals surface area contributed by atoms with Gasteiger partial charge in [0.15, 0.2) is 0 Å². The summed E-state index contributed by atoms with van der Waals surface area (Å²) in [5.41, 5.74) is 4.19. The molecule has 0 saturated heterocycles. The Morgan fingerprint density at radius 2 is 1.61 bits per heavy atom. The van der Waals surface area contributed by atoms with Gasteiger partial charge >= 0.3 is 0 Å². The van der Waals surface area contributed by atoms with Crippen LogP contribution >= 0.6 is 0 Å². The fourth-order valence-corrected chi connectivity index (χ4v) is 4.03. The smallest absolute Gasteiger partial charge is 0.211 e. The van der Waals surface area contributed by atoms with E-state index in [0.717, 1.165) is 28.1 Å². The van der Waals surface area contributed by atoms with Crippen LogP contribution in [0.4, 0.5) is 0 Å². The van der Waals surface area contributed by atoms with Crippen LogP contribution in [0.1, 0.15) is 11.1 Å². The number of methoxy groups -OCH3 is 1. The van der Waals surface area contributed by atoms with Gasteiger partial charge in [0.2, 0.25) is 10.0 Å². The van der Waals surface area contributed by atoms with Gasteiger partial charge in [-0.2, -0.15) is 5.10 Å². The van der Waals surface area contributed by atoms with Crippen LogP contribution in [-0.4, -0.2) is 37.6 Å². The number of benzene rings is 2. The number of nitrogens with one attached hydrogen (secondary N) is 1. The number of hydrogen-bond donors (Lipinski definition) is 1. The first-order chi connectivity index (χ1) is 13.5. The van der Waals surface area contributed by atoms with Gasteiger partial charge in [-0.15, -0.1) is 0 Å². The van der Waals surface area contributed by atoms with Gasteiger partial charge in [0, 0.05) is 19.8 Å². The Bertz CT molecular complexity index is 994. The van der Waals surface area contributed by atoms with Gasteiger partial charge in [0.05, 0.1) is 18.6 Å². The van der Waals surface area contributed by atoms with E-state index in [2.05, 4.69) is 9.82 Å². The van der Waals surface area contributed by atoms with Crippen molar-refractivity contribution in [3.63, 3.8) is 0 Å². The van der Waals surface area contributed by atoms with Crippen LogP contribution < -0.4 is 9.46 Å². The molecule has 3 rings (SSSR count). The molecule has 0 aliphatic heterocycles. The molecule has 1 aromatic heterocycles. The van der Waals surface area contributed by atoms with Gasteiger partial charge in [0.1, 0.15) is 5.75 Å². The van der Waals surface area contributed by atoms with E-state index in [1.165, 1.54) is 0 Å². The molecule has 0 radical (unpaired) electrons. The molecule has 6 nitrogen and oxygen atoms in total. The molecule has 0 aliphatic rings. The average Bonchev–Trinajstić information content (AvgIpc) is 3.13. The van der Waals surface area contributed by atoms with Crippen LogP contribution in [-0.2, 0) is 29.9 Å². The normalized spacial score (nSPS) is 11.5. The molecule has 0 fully saturated rings. The Labute approximate surface area is 166 Å². The number of nitrogens with zero attached hydrogens (tertiary/aromatic N) is 2. The predicted molar refractivity (Wildman–Crippen MR) is 111 cm³/mol. The number of ether oxygens (including phenoxy) is 1. The summed E-state index contributed by atoms with van der Waals surface area (Å²) in [6.07, 6.45) is 2.89. The first-order valence-corrected chi connectivity index (χ1v) is 10.8. The number of hydrogen-bond acceptors (Lipinski definition) is 4. The van der Waals surface area contributed by atoms with Crippen LogP contribution in [0.2, 0.25) is 0 Å². The van der Waals surface area contributed by atoms with Crippen LogP contribution in [0, 0.1) is 0 Å². The first-order valence-electron chi connectivity index (χ1n) is 9.14. The van der Waals surface area contributed by atoms with Gasteiger partial charge in [-0.25, -0.2) is 13.1 Å². The lowest BCUT2D eigenvalue weighted by Crippen LogP contribution is -2.29. The second-order valence-corrected chi connectivity index (χ2v) is 8.52. The monoisotopic (exact) mass is 399 g/mol. The van der Waals surface area contributed by atoms with Crippen LogP contribution in [0.3, 0.4) is 0 Å². The SMILES string of the molecule is COc1ccc(CCS(=O)(=O)NCCc2ccc(-c3ccnn3C)cc2)cc1. The molecule has 0 bridgehead atoms. The van der Waals surface area contributed by atoms with Crippen LogP contribution in [0.5, 0.6) is 5.75 Å². The minimum absolute atomic E-state index is 0.0682. The van der Waals surface area contributed by atoms with Crippen molar-refractivity contribution < 1.29 is 13.2 Å². The zero-order valence-corrected chi connectivity index (χ0v) is 16.9. The summed E-state index contributed by atoms with van der Waals surface area (Å²) in [5, 5.41) is 4.17. The summed E-state index contributed by atoms with van der Waals surface area (Å²) in [4.78, 5) is 0. The summed E-state index contributed by atoms with van der Waals surface area (Å²) in [6.45, 7) is 0.385. The highest BCUT2D eigenvalue weighted by Gasteiger charge is 2.10. The van der Waals surface area contributed by atoms with E-state index in [9.17, 15) is 8.42 Å². The van der Waals surface area contributed by atoms with Gasteiger partial charge in [-0.1, -0.05) is 36.4 Å². The van der Waals surface area contributed by atoms with Crippen molar-refractivity contribution in [3.8, 4) is 17.0 Å². The Balaban J connectivity index is 1.47. The minimum atomic E-state index is -3.31. The molecule has 1 heterocycles. The van der Waals surface area contributed by atoms with E-state index in [0.29, 0.717) is 19.4 Å². The van der Waals surface area contributed by atoms with Crippen molar-refractivity contribution in [2.45, 2.75) is 12.8 Å². The Kier molecular flexibility index (Phi) is 6.49. The molecule has 148 valence electrons. The molecule has 3 aromatic rings. The summed E-state index contributed by atoms with van der Waals surface area (Å²) < 4.78 is 34.1. The maximum absolute atomic E-state index is 12.2. The van der Waals surface area contributed by atoms with Crippen molar-refractivity contribution in [2.75, 3.05) is 19.4 Å². The zero-order valence-electron chi connectivity index (χ0n) is 16.1. The van der Waals surface area contributed by atoms with Crippen molar-refractivity contribution in [1.29, 1.82) is 0 Å². The molecule has 0 spiro atoms. The number of aryl methyl sites for hydroxylation is 2. The fraction of sp³-hybridized carbons (Fsp3) is 0.286. The minimum Gasteiger partial charge on any atom is -0.497 e. The van der Waals surface area contributed by atoms with Crippen molar-refractivity contribution in [3.05, 3.63) is 71.9 Å². The largest absolute Gasteiger partial charge is 0.497 e. The van der Waals surface area contributed by atoms with Crippen molar-refractivity contribution >= 4 is 10.0 Å². The Morgan fingerprint density at radius 1 is 0.964 bits per heavy atom. The maximum Gasteiger partial charge on any atom is 0.211 e. The second kappa shape index (κ2) is 9.03. The maximum atomic E-state index is 12.2. The molecule has 28 heavy (non-hydrogen) atoms. The van der Waals surface area contributed by atoms with E-state index in [4.69, 9.17) is 4.74 Å². The highest BCUT2D eigenvalue weighted by Crippen LogP contribution is 2.18. The van der Waals surface area contributed by atoms with Gasteiger partial charge in [0.25, 0.3) is 0 Å². The molecule has 2 aromatic carbocycles. The molecule has 0 amide bonds. The molecular weight excluding hydrogens is 374 g/mol. The van der Waals surface area contributed by atoms with Crippen molar-refractivity contribution in [1.82, 2.24) is 14.5 Å². The van der Waals surface area contributed by atoms with Crippen LogP contribution in [0.25, 0.3) is 11.3 Å². The fourth-order valence-electron chi connectivity index (χ4n) is 2.97. The Hall–Kier alpha value is -2.64. The number of aromatic nitrogens is 2. The third-order valence-corrected chi connectivity index (χ3v) is 6.01. The molecule has 1 N–H and O–H groups in total. The topological polar surface area (TPSA) is 73.2 Å². The molecule has 7 heteroatoms.